The number of nitrogens with zero attached hydrogens (tertiary/aromatic N) is 2. The second-order valence-corrected chi connectivity index (χ2v) is 6.41. The molecule has 4 heteroatoms. The smallest absolute Gasteiger partial charge is 0.151 e. The lowest BCUT2D eigenvalue weighted by Gasteiger charge is -2.24. The summed E-state index contributed by atoms with van der Waals surface area (Å²) in [6.07, 6.45) is 5.42. The maximum absolute atomic E-state index is 5.47. The number of aromatic nitrogens is 1. The third kappa shape index (κ3) is 4.05. The second-order valence-electron chi connectivity index (χ2n) is 6.41. The molecule has 2 saturated carbocycles. The molecule has 2 aliphatic rings. The van der Waals surface area contributed by atoms with Gasteiger partial charge in [-0.25, -0.2) is 0 Å². The van der Waals surface area contributed by atoms with Crippen LogP contribution in [0.25, 0.3) is 0 Å². The summed E-state index contributed by atoms with van der Waals surface area (Å²) in [6, 6.07) is 3.40. The first-order chi connectivity index (χ1) is 9.20. The first kappa shape index (κ1) is 13.1. The average molecular weight is 263 g/mol. The first-order valence-corrected chi connectivity index (χ1v) is 7.62. The summed E-state index contributed by atoms with van der Waals surface area (Å²) in [6.45, 7) is 7.46. The lowest BCUT2D eigenvalue weighted by Crippen LogP contribution is -2.32. The van der Waals surface area contributed by atoms with E-state index >= 15 is 0 Å². The maximum atomic E-state index is 5.47. The van der Waals surface area contributed by atoms with Crippen molar-refractivity contribution in [2.24, 2.45) is 5.92 Å². The summed E-state index contributed by atoms with van der Waals surface area (Å²) in [5, 5.41) is 7.63. The van der Waals surface area contributed by atoms with Crippen LogP contribution in [0.4, 0.5) is 0 Å². The fourth-order valence-electron chi connectivity index (χ4n) is 2.34. The van der Waals surface area contributed by atoms with E-state index in [1.807, 2.05) is 0 Å². The van der Waals surface area contributed by atoms with Crippen molar-refractivity contribution in [2.45, 2.75) is 64.7 Å². The van der Waals surface area contributed by atoms with E-state index in [-0.39, 0.29) is 0 Å². The van der Waals surface area contributed by atoms with Crippen LogP contribution in [0.2, 0.25) is 0 Å². The third-order valence-electron chi connectivity index (χ3n) is 4.04. The van der Waals surface area contributed by atoms with Gasteiger partial charge in [0.1, 0.15) is 0 Å². The van der Waals surface area contributed by atoms with Gasteiger partial charge in [0.2, 0.25) is 0 Å². The van der Waals surface area contributed by atoms with Crippen LogP contribution in [0.5, 0.6) is 0 Å². The second kappa shape index (κ2) is 5.63. The van der Waals surface area contributed by atoms with E-state index < -0.39 is 0 Å². The fourth-order valence-corrected chi connectivity index (χ4v) is 2.34. The van der Waals surface area contributed by atoms with E-state index in [2.05, 4.69) is 35.3 Å². The van der Waals surface area contributed by atoms with Crippen LogP contribution in [0.3, 0.4) is 0 Å². The molecule has 0 radical (unpaired) electrons. The van der Waals surface area contributed by atoms with Crippen molar-refractivity contribution in [3.05, 3.63) is 17.5 Å². The SMILES string of the molecule is CC(C)N(Cc1cc(CNC2CC2)no1)CC1CC1. The molecule has 1 N–H and O–H groups in total. The van der Waals surface area contributed by atoms with E-state index in [0.29, 0.717) is 6.04 Å². The highest BCUT2D eigenvalue weighted by atomic mass is 16.5. The largest absolute Gasteiger partial charge is 0.360 e. The minimum Gasteiger partial charge on any atom is -0.360 e. The molecular weight excluding hydrogens is 238 g/mol. The molecule has 0 aromatic carbocycles. The van der Waals surface area contributed by atoms with Crippen LogP contribution < -0.4 is 5.32 Å². The maximum Gasteiger partial charge on any atom is 0.151 e. The molecule has 2 fully saturated rings. The first-order valence-electron chi connectivity index (χ1n) is 7.62. The van der Waals surface area contributed by atoms with Gasteiger partial charge >= 0.3 is 0 Å². The van der Waals surface area contributed by atoms with Crippen LogP contribution in [-0.4, -0.2) is 28.7 Å². The number of hydrogen-bond donors (Lipinski definition) is 1. The van der Waals surface area contributed by atoms with Gasteiger partial charge in [0, 0.05) is 31.2 Å². The standard InChI is InChI=1S/C15H25N3O/c1-11(2)18(9-12-3-4-12)10-15-7-14(17-19-15)8-16-13-5-6-13/h7,11-13,16H,3-6,8-10H2,1-2H3. The van der Waals surface area contributed by atoms with Crippen LogP contribution in [0, 0.1) is 5.92 Å². The van der Waals surface area contributed by atoms with Gasteiger partial charge in [-0.3, -0.25) is 4.90 Å². The Morgan fingerprint density at radius 3 is 2.79 bits per heavy atom. The summed E-state index contributed by atoms with van der Waals surface area (Å²) < 4.78 is 5.47. The highest BCUT2D eigenvalue weighted by Gasteiger charge is 2.26. The van der Waals surface area contributed by atoms with E-state index in [1.165, 1.54) is 32.2 Å². The van der Waals surface area contributed by atoms with Crippen LogP contribution in [0.15, 0.2) is 10.6 Å². The molecule has 2 aliphatic carbocycles. The topological polar surface area (TPSA) is 41.3 Å². The number of hydrogen-bond acceptors (Lipinski definition) is 4. The molecule has 4 nitrogen and oxygen atoms in total. The van der Waals surface area contributed by atoms with Gasteiger partial charge in [0.05, 0.1) is 12.2 Å². The lowest BCUT2D eigenvalue weighted by atomic mass is 10.2. The summed E-state index contributed by atoms with van der Waals surface area (Å²) >= 11 is 0. The zero-order valence-electron chi connectivity index (χ0n) is 12.1. The monoisotopic (exact) mass is 263 g/mol. The van der Waals surface area contributed by atoms with Gasteiger partial charge in [-0.15, -0.1) is 0 Å². The molecule has 1 heterocycles. The van der Waals surface area contributed by atoms with E-state index in [4.69, 9.17) is 4.52 Å². The third-order valence-corrected chi connectivity index (χ3v) is 4.04. The van der Waals surface area contributed by atoms with Gasteiger partial charge < -0.3 is 9.84 Å². The van der Waals surface area contributed by atoms with Crippen molar-refractivity contribution in [3.8, 4) is 0 Å². The minimum atomic E-state index is 0.568. The molecule has 0 saturated heterocycles. The van der Waals surface area contributed by atoms with E-state index in [9.17, 15) is 0 Å². The molecule has 0 atom stereocenters. The predicted octanol–water partition coefficient (Wildman–Crippen LogP) is 2.55. The molecule has 1 aromatic heterocycles. The quantitative estimate of drug-likeness (QED) is 0.782. The molecule has 0 amide bonds. The van der Waals surface area contributed by atoms with Crippen molar-refractivity contribution < 1.29 is 4.52 Å². The van der Waals surface area contributed by atoms with Crippen molar-refractivity contribution in [2.75, 3.05) is 6.54 Å². The molecule has 0 spiro atoms. The number of nitrogens with one attached hydrogen (secondary N) is 1. The Labute approximate surface area is 115 Å². The van der Waals surface area contributed by atoms with Crippen molar-refractivity contribution in [1.82, 2.24) is 15.4 Å². The Kier molecular flexibility index (Phi) is 3.89. The van der Waals surface area contributed by atoms with E-state index in [0.717, 1.165) is 36.5 Å². The summed E-state index contributed by atoms with van der Waals surface area (Å²) in [5.41, 5.74) is 1.04. The highest BCUT2D eigenvalue weighted by molar-refractivity contribution is 5.06. The van der Waals surface area contributed by atoms with Gasteiger partial charge in [-0.05, 0) is 45.4 Å². The molecular formula is C15H25N3O. The molecule has 19 heavy (non-hydrogen) atoms. The molecule has 1 aromatic rings. The normalized spacial score (nSPS) is 19.6. The zero-order valence-corrected chi connectivity index (χ0v) is 12.1. The van der Waals surface area contributed by atoms with Gasteiger partial charge in [-0.2, -0.15) is 0 Å². The Bertz CT molecular complexity index is 407. The average Bonchev–Trinajstić information content (AvgIpc) is 3.28. The van der Waals surface area contributed by atoms with E-state index in [1.54, 1.807) is 0 Å². The predicted molar refractivity (Wildman–Crippen MR) is 74.6 cm³/mol. The molecule has 0 unspecified atom stereocenters. The molecule has 0 bridgehead atoms. The lowest BCUT2D eigenvalue weighted by molar-refractivity contribution is 0.181. The summed E-state index contributed by atoms with van der Waals surface area (Å²) in [7, 11) is 0. The van der Waals surface area contributed by atoms with Gasteiger partial charge in [0.25, 0.3) is 0 Å². The van der Waals surface area contributed by atoms with Gasteiger partial charge in [-0.1, -0.05) is 5.16 Å². The van der Waals surface area contributed by atoms with Crippen molar-refractivity contribution in [1.29, 1.82) is 0 Å². The Balaban J connectivity index is 1.51. The van der Waals surface area contributed by atoms with Gasteiger partial charge in [0.15, 0.2) is 5.76 Å². The molecule has 3 rings (SSSR count). The summed E-state index contributed by atoms with van der Waals surface area (Å²) in [5.74, 6) is 1.92. The number of rotatable bonds is 8. The molecule has 106 valence electrons. The fraction of sp³-hybridized carbons (Fsp3) is 0.800. The Morgan fingerprint density at radius 2 is 2.16 bits per heavy atom. The van der Waals surface area contributed by atoms with Crippen LogP contribution in [-0.2, 0) is 13.1 Å². The highest BCUT2D eigenvalue weighted by Crippen LogP contribution is 2.30. The zero-order chi connectivity index (χ0) is 13.2. The van der Waals surface area contributed by atoms with Crippen molar-refractivity contribution >= 4 is 0 Å². The van der Waals surface area contributed by atoms with Crippen LogP contribution >= 0.6 is 0 Å². The molecule has 0 aliphatic heterocycles. The van der Waals surface area contributed by atoms with Crippen LogP contribution in [0.1, 0.15) is 51.0 Å². The minimum absolute atomic E-state index is 0.568. The van der Waals surface area contributed by atoms with Crippen molar-refractivity contribution in [3.63, 3.8) is 0 Å². The Morgan fingerprint density at radius 1 is 1.37 bits per heavy atom. The Hall–Kier alpha value is -0.870. The summed E-state index contributed by atoms with van der Waals surface area (Å²) in [4.78, 5) is 2.50.